The number of fused-ring (bicyclic) bond motifs is 1. The maximum absolute atomic E-state index is 13.3. The molecule has 3 nitrogen and oxygen atoms in total. The third kappa shape index (κ3) is 2.80. The van der Waals surface area contributed by atoms with E-state index in [0.29, 0.717) is 0 Å². The summed E-state index contributed by atoms with van der Waals surface area (Å²) in [6, 6.07) is 20.2. The normalized spacial score (nSPS) is 16.0. The Morgan fingerprint density at radius 2 is 1.72 bits per heavy atom. The molecule has 3 aromatic rings. The smallest absolute Gasteiger partial charge is 0.235 e. The second kappa shape index (κ2) is 6.32. The van der Waals surface area contributed by atoms with Gasteiger partial charge in [-0.1, -0.05) is 61.4 Å². The molecule has 2 aromatic carbocycles. The summed E-state index contributed by atoms with van der Waals surface area (Å²) in [6.45, 7) is 1.97. The predicted octanol–water partition coefficient (Wildman–Crippen LogP) is 4.99. The quantitative estimate of drug-likeness (QED) is 0.735. The molecule has 0 saturated heterocycles. The minimum atomic E-state index is -0.423. The van der Waals surface area contributed by atoms with Crippen LogP contribution in [0.4, 0.5) is 5.69 Å². The van der Waals surface area contributed by atoms with Crippen LogP contribution in [0.3, 0.4) is 0 Å². The second-order valence-electron chi connectivity index (χ2n) is 6.94. The number of carbonyl (C=O) groups is 1. The number of anilines is 1. The van der Waals surface area contributed by atoms with E-state index in [1.807, 2.05) is 49.4 Å². The van der Waals surface area contributed by atoms with Crippen LogP contribution < -0.4 is 5.32 Å². The number of nitrogens with one attached hydrogen (secondary N) is 1. The van der Waals surface area contributed by atoms with E-state index in [4.69, 9.17) is 0 Å². The van der Waals surface area contributed by atoms with Crippen molar-refractivity contribution in [3.05, 3.63) is 71.9 Å². The largest absolute Gasteiger partial charge is 0.323 e. The second-order valence-corrected chi connectivity index (χ2v) is 6.94. The van der Waals surface area contributed by atoms with E-state index < -0.39 is 5.41 Å². The molecule has 1 saturated carbocycles. The van der Waals surface area contributed by atoms with Crippen molar-refractivity contribution in [3.8, 4) is 0 Å². The summed E-state index contributed by atoms with van der Waals surface area (Å²) in [5, 5.41) is 4.24. The molecule has 1 fully saturated rings. The molecule has 0 aliphatic heterocycles. The minimum absolute atomic E-state index is 0.0898. The van der Waals surface area contributed by atoms with Crippen molar-refractivity contribution in [1.29, 1.82) is 0 Å². The Hall–Kier alpha value is -2.68. The highest BCUT2D eigenvalue weighted by Crippen LogP contribution is 2.42. The van der Waals surface area contributed by atoms with E-state index in [2.05, 4.69) is 28.5 Å². The number of aromatic nitrogens is 1. The van der Waals surface area contributed by atoms with E-state index in [1.54, 1.807) is 0 Å². The average Bonchev–Trinajstić information content (AvgIpc) is 3.14. The number of rotatable bonds is 3. The van der Waals surface area contributed by atoms with E-state index in [1.165, 1.54) is 0 Å². The lowest BCUT2D eigenvalue weighted by Gasteiger charge is -2.28. The summed E-state index contributed by atoms with van der Waals surface area (Å²) in [5.41, 5.74) is 3.31. The fourth-order valence-corrected chi connectivity index (χ4v) is 3.97. The van der Waals surface area contributed by atoms with Gasteiger partial charge in [-0.25, -0.2) is 0 Å². The van der Waals surface area contributed by atoms with Crippen molar-refractivity contribution in [2.75, 3.05) is 5.32 Å². The van der Waals surface area contributed by atoms with Crippen molar-refractivity contribution in [2.24, 2.45) is 0 Å². The van der Waals surface area contributed by atoms with Crippen LogP contribution in [0, 0.1) is 6.92 Å². The summed E-state index contributed by atoms with van der Waals surface area (Å²) >= 11 is 0. The Bertz CT molecular complexity index is 912. The first kappa shape index (κ1) is 15.8. The molecule has 4 rings (SSSR count). The average molecular weight is 330 g/mol. The first-order valence-electron chi connectivity index (χ1n) is 8.92. The number of carbonyl (C=O) groups excluding carboxylic acids is 1. The van der Waals surface area contributed by atoms with Crippen LogP contribution in [-0.2, 0) is 10.2 Å². The molecule has 1 aromatic heterocycles. The molecule has 1 heterocycles. The van der Waals surface area contributed by atoms with E-state index in [-0.39, 0.29) is 5.91 Å². The van der Waals surface area contributed by atoms with Crippen LogP contribution in [0.25, 0.3) is 10.9 Å². The summed E-state index contributed by atoms with van der Waals surface area (Å²) in [7, 11) is 0. The van der Waals surface area contributed by atoms with Gasteiger partial charge in [0.25, 0.3) is 0 Å². The lowest BCUT2D eigenvalue weighted by molar-refractivity contribution is -0.121. The molecule has 126 valence electrons. The van der Waals surface area contributed by atoms with Crippen molar-refractivity contribution < 1.29 is 4.79 Å². The van der Waals surface area contributed by atoms with Crippen LogP contribution >= 0.6 is 0 Å². The van der Waals surface area contributed by atoms with Gasteiger partial charge in [-0.3, -0.25) is 9.78 Å². The maximum Gasteiger partial charge on any atom is 0.235 e. The number of aryl methyl sites for hydroxylation is 1. The molecular formula is C22H22N2O. The molecule has 0 bridgehead atoms. The number of para-hydroxylation sites is 1. The predicted molar refractivity (Wildman–Crippen MR) is 102 cm³/mol. The van der Waals surface area contributed by atoms with Gasteiger partial charge in [0.1, 0.15) is 0 Å². The standard InChI is InChI=1S/C22H22N2O/c1-16-12-13-17-8-7-11-19(20(17)23-16)24-21(25)22(14-5-6-15-22)18-9-3-2-4-10-18/h2-4,7-13H,5-6,14-15H2,1H3,(H,24,25). The van der Waals surface area contributed by atoms with Crippen LogP contribution in [0.5, 0.6) is 0 Å². The van der Waals surface area contributed by atoms with E-state index >= 15 is 0 Å². The number of hydrogen-bond acceptors (Lipinski definition) is 2. The lowest BCUT2D eigenvalue weighted by Crippen LogP contribution is -2.38. The van der Waals surface area contributed by atoms with Gasteiger partial charge in [-0.05, 0) is 37.5 Å². The van der Waals surface area contributed by atoms with Crippen molar-refractivity contribution in [1.82, 2.24) is 4.98 Å². The third-order valence-corrected chi connectivity index (χ3v) is 5.33. The van der Waals surface area contributed by atoms with E-state index in [9.17, 15) is 4.79 Å². The zero-order valence-corrected chi connectivity index (χ0v) is 14.5. The number of nitrogens with zero attached hydrogens (tertiary/aromatic N) is 1. The number of hydrogen-bond donors (Lipinski definition) is 1. The molecule has 0 spiro atoms. The molecule has 1 N–H and O–H groups in total. The van der Waals surface area contributed by atoms with Crippen LogP contribution in [0.1, 0.15) is 36.9 Å². The maximum atomic E-state index is 13.3. The van der Waals surface area contributed by atoms with Gasteiger partial charge >= 0.3 is 0 Å². The molecule has 1 aliphatic carbocycles. The minimum Gasteiger partial charge on any atom is -0.323 e. The molecule has 25 heavy (non-hydrogen) atoms. The van der Waals surface area contributed by atoms with Crippen LogP contribution in [0.15, 0.2) is 60.7 Å². The zero-order valence-electron chi connectivity index (χ0n) is 14.5. The molecule has 1 amide bonds. The lowest BCUT2D eigenvalue weighted by atomic mass is 9.78. The monoisotopic (exact) mass is 330 g/mol. The molecule has 0 radical (unpaired) electrons. The molecule has 3 heteroatoms. The topological polar surface area (TPSA) is 42.0 Å². The van der Waals surface area contributed by atoms with Gasteiger partial charge in [0.15, 0.2) is 0 Å². The highest BCUT2D eigenvalue weighted by Gasteiger charge is 2.42. The Morgan fingerprint density at radius 3 is 2.48 bits per heavy atom. The summed E-state index contributed by atoms with van der Waals surface area (Å²) in [5.74, 6) is 0.0898. The number of benzene rings is 2. The van der Waals surface area contributed by atoms with Crippen molar-refractivity contribution in [2.45, 2.75) is 38.0 Å². The van der Waals surface area contributed by atoms with Gasteiger partial charge in [-0.15, -0.1) is 0 Å². The van der Waals surface area contributed by atoms with Crippen LogP contribution in [0.2, 0.25) is 0 Å². The van der Waals surface area contributed by atoms with Gasteiger partial charge in [0.2, 0.25) is 5.91 Å². The number of pyridine rings is 1. The van der Waals surface area contributed by atoms with Gasteiger partial charge in [-0.2, -0.15) is 0 Å². The van der Waals surface area contributed by atoms with Gasteiger partial charge < -0.3 is 5.32 Å². The van der Waals surface area contributed by atoms with Crippen molar-refractivity contribution >= 4 is 22.5 Å². The number of amides is 1. The fraction of sp³-hybridized carbons (Fsp3) is 0.273. The Labute approximate surface area is 148 Å². The highest BCUT2D eigenvalue weighted by atomic mass is 16.2. The van der Waals surface area contributed by atoms with Gasteiger partial charge in [0.05, 0.1) is 16.6 Å². The Balaban J connectivity index is 1.73. The Morgan fingerprint density at radius 1 is 0.960 bits per heavy atom. The summed E-state index contributed by atoms with van der Waals surface area (Å²) in [4.78, 5) is 18.0. The third-order valence-electron chi connectivity index (χ3n) is 5.33. The Kier molecular flexibility index (Phi) is 4.00. The van der Waals surface area contributed by atoms with Crippen molar-refractivity contribution in [3.63, 3.8) is 0 Å². The summed E-state index contributed by atoms with van der Waals surface area (Å²) in [6.07, 6.45) is 3.99. The fourth-order valence-electron chi connectivity index (χ4n) is 3.97. The SMILES string of the molecule is Cc1ccc2cccc(NC(=O)C3(c4ccccc4)CCCC3)c2n1. The molecule has 1 aliphatic rings. The van der Waals surface area contributed by atoms with Crippen LogP contribution in [-0.4, -0.2) is 10.9 Å². The molecule has 0 unspecified atom stereocenters. The molecule has 0 atom stereocenters. The first-order valence-corrected chi connectivity index (χ1v) is 8.92. The molecular weight excluding hydrogens is 308 g/mol. The first-order chi connectivity index (χ1) is 12.2. The van der Waals surface area contributed by atoms with Gasteiger partial charge in [0, 0.05) is 11.1 Å². The van der Waals surface area contributed by atoms with E-state index in [0.717, 1.165) is 53.5 Å². The highest BCUT2D eigenvalue weighted by molar-refractivity contribution is 6.04. The zero-order chi connectivity index (χ0) is 17.3. The summed E-state index contributed by atoms with van der Waals surface area (Å²) < 4.78 is 0.